The standard InChI is InChI=1S/C16H16ClNO4/c1-21-7-8-22-13-5-6-14(15(19)10-13)16(20)18-12-4-2-3-11(17)9-12/h2-6,9-10,19H,7-8H2,1H3,(H,18,20). The van der Waals surface area contributed by atoms with Crippen LogP contribution in [-0.4, -0.2) is 31.3 Å². The maximum absolute atomic E-state index is 12.1. The van der Waals surface area contributed by atoms with E-state index in [4.69, 9.17) is 21.1 Å². The van der Waals surface area contributed by atoms with E-state index in [0.29, 0.717) is 29.7 Å². The van der Waals surface area contributed by atoms with Gasteiger partial charge in [-0.3, -0.25) is 4.79 Å². The van der Waals surface area contributed by atoms with E-state index in [2.05, 4.69) is 5.32 Å². The lowest BCUT2D eigenvalue weighted by Gasteiger charge is -2.10. The highest BCUT2D eigenvalue weighted by atomic mass is 35.5. The Morgan fingerprint density at radius 3 is 2.73 bits per heavy atom. The number of hydrogen-bond acceptors (Lipinski definition) is 4. The molecule has 0 aliphatic carbocycles. The number of aromatic hydroxyl groups is 1. The van der Waals surface area contributed by atoms with Crippen molar-refractivity contribution < 1.29 is 19.4 Å². The van der Waals surface area contributed by atoms with E-state index in [9.17, 15) is 9.90 Å². The van der Waals surface area contributed by atoms with Gasteiger partial charge in [0, 0.05) is 23.9 Å². The average Bonchev–Trinajstić information content (AvgIpc) is 2.47. The molecule has 0 saturated carbocycles. The van der Waals surface area contributed by atoms with E-state index < -0.39 is 5.91 Å². The predicted molar refractivity (Wildman–Crippen MR) is 84.9 cm³/mol. The van der Waals surface area contributed by atoms with E-state index in [1.807, 2.05) is 0 Å². The first-order valence-corrected chi connectivity index (χ1v) is 6.99. The van der Waals surface area contributed by atoms with Crippen LogP contribution in [0.15, 0.2) is 42.5 Å². The van der Waals surface area contributed by atoms with Gasteiger partial charge in [0.25, 0.3) is 5.91 Å². The lowest BCUT2D eigenvalue weighted by Crippen LogP contribution is -2.12. The summed E-state index contributed by atoms with van der Waals surface area (Å²) >= 11 is 5.86. The van der Waals surface area contributed by atoms with Gasteiger partial charge in [0.2, 0.25) is 0 Å². The van der Waals surface area contributed by atoms with Crippen molar-refractivity contribution in [3.8, 4) is 11.5 Å². The number of benzene rings is 2. The summed E-state index contributed by atoms with van der Waals surface area (Å²) in [6.07, 6.45) is 0. The fourth-order valence-corrected chi connectivity index (χ4v) is 1.99. The fraction of sp³-hybridized carbons (Fsp3) is 0.188. The third-order valence-corrected chi connectivity index (χ3v) is 3.09. The van der Waals surface area contributed by atoms with Crippen LogP contribution in [0.3, 0.4) is 0 Å². The minimum Gasteiger partial charge on any atom is -0.507 e. The first-order chi connectivity index (χ1) is 10.6. The number of rotatable bonds is 6. The molecule has 2 aromatic rings. The smallest absolute Gasteiger partial charge is 0.259 e. The van der Waals surface area contributed by atoms with Crippen LogP contribution in [0, 0.1) is 0 Å². The molecule has 0 unspecified atom stereocenters. The molecule has 5 nitrogen and oxygen atoms in total. The number of anilines is 1. The van der Waals surface area contributed by atoms with Crippen LogP contribution in [0.5, 0.6) is 11.5 Å². The van der Waals surface area contributed by atoms with Crippen LogP contribution < -0.4 is 10.1 Å². The topological polar surface area (TPSA) is 67.8 Å². The molecule has 116 valence electrons. The van der Waals surface area contributed by atoms with Crippen LogP contribution in [-0.2, 0) is 4.74 Å². The molecule has 0 bridgehead atoms. The van der Waals surface area contributed by atoms with Gasteiger partial charge in [0.15, 0.2) is 0 Å². The minimum atomic E-state index is -0.428. The Labute approximate surface area is 133 Å². The minimum absolute atomic E-state index is 0.152. The van der Waals surface area contributed by atoms with Gasteiger partial charge in [-0.1, -0.05) is 17.7 Å². The van der Waals surface area contributed by atoms with Crippen molar-refractivity contribution in [1.82, 2.24) is 0 Å². The lowest BCUT2D eigenvalue weighted by atomic mass is 10.1. The average molecular weight is 322 g/mol. The molecule has 1 amide bonds. The van der Waals surface area contributed by atoms with Gasteiger partial charge in [-0.2, -0.15) is 0 Å². The molecule has 0 heterocycles. The third kappa shape index (κ3) is 4.38. The van der Waals surface area contributed by atoms with E-state index in [0.717, 1.165) is 0 Å². The number of phenols is 1. The maximum atomic E-state index is 12.1. The Balaban J connectivity index is 2.06. The molecule has 6 heteroatoms. The number of carbonyl (C=O) groups excluding carboxylic acids is 1. The Morgan fingerprint density at radius 1 is 1.23 bits per heavy atom. The molecule has 0 aromatic heterocycles. The van der Waals surface area contributed by atoms with Crippen molar-refractivity contribution in [3.05, 3.63) is 53.1 Å². The predicted octanol–water partition coefficient (Wildman–Crippen LogP) is 3.32. The first-order valence-electron chi connectivity index (χ1n) is 6.62. The Hall–Kier alpha value is -2.24. The molecule has 0 aliphatic rings. The fourth-order valence-electron chi connectivity index (χ4n) is 1.80. The summed E-state index contributed by atoms with van der Waals surface area (Å²) in [6.45, 7) is 0.807. The van der Waals surface area contributed by atoms with E-state index >= 15 is 0 Å². The summed E-state index contributed by atoms with van der Waals surface area (Å²) in [6, 6.07) is 11.3. The lowest BCUT2D eigenvalue weighted by molar-refractivity contribution is 0.102. The zero-order valence-corrected chi connectivity index (χ0v) is 12.8. The van der Waals surface area contributed by atoms with Gasteiger partial charge in [-0.25, -0.2) is 0 Å². The van der Waals surface area contributed by atoms with Crippen molar-refractivity contribution in [2.45, 2.75) is 0 Å². The normalized spacial score (nSPS) is 10.3. The number of phenolic OH excluding ortho intramolecular Hbond substituents is 1. The summed E-state index contributed by atoms with van der Waals surface area (Å²) < 4.78 is 10.2. The first kappa shape index (κ1) is 16.1. The summed E-state index contributed by atoms with van der Waals surface area (Å²) in [5.41, 5.74) is 0.705. The highest BCUT2D eigenvalue weighted by Crippen LogP contribution is 2.25. The van der Waals surface area contributed by atoms with Crippen LogP contribution >= 0.6 is 11.6 Å². The second-order valence-electron chi connectivity index (χ2n) is 4.48. The molecular formula is C16H16ClNO4. The van der Waals surface area contributed by atoms with Gasteiger partial charge in [0.05, 0.1) is 12.2 Å². The number of nitrogens with one attached hydrogen (secondary N) is 1. The Morgan fingerprint density at radius 2 is 2.05 bits per heavy atom. The molecule has 0 saturated heterocycles. The zero-order chi connectivity index (χ0) is 15.9. The number of ether oxygens (including phenoxy) is 2. The number of hydrogen-bond donors (Lipinski definition) is 2. The van der Waals surface area contributed by atoms with E-state index in [1.165, 1.54) is 12.1 Å². The Bertz CT molecular complexity index is 660. The monoisotopic (exact) mass is 321 g/mol. The highest BCUT2D eigenvalue weighted by molar-refractivity contribution is 6.31. The van der Waals surface area contributed by atoms with Gasteiger partial charge in [-0.15, -0.1) is 0 Å². The largest absolute Gasteiger partial charge is 0.507 e. The van der Waals surface area contributed by atoms with Gasteiger partial charge < -0.3 is 19.9 Å². The highest BCUT2D eigenvalue weighted by Gasteiger charge is 2.12. The molecule has 0 spiro atoms. The number of amides is 1. The van der Waals surface area contributed by atoms with Crippen LogP contribution in [0.2, 0.25) is 5.02 Å². The number of methoxy groups -OCH3 is 1. The van der Waals surface area contributed by atoms with Gasteiger partial charge in [0.1, 0.15) is 18.1 Å². The number of halogens is 1. The van der Waals surface area contributed by atoms with Crippen molar-refractivity contribution >= 4 is 23.2 Å². The molecule has 2 N–H and O–H groups in total. The molecule has 0 radical (unpaired) electrons. The molecule has 0 atom stereocenters. The molecule has 2 aromatic carbocycles. The van der Waals surface area contributed by atoms with E-state index in [-0.39, 0.29) is 11.3 Å². The van der Waals surface area contributed by atoms with Gasteiger partial charge in [-0.05, 0) is 30.3 Å². The van der Waals surface area contributed by atoms with Crippen LogP contribution in [0.4, 0.5) is 5.69 Å². The SMILES string of the molecule is COCCOc1ccc(C(=O)Nc2cccc(Cl)c2)c(O)c1. The van der Waals surface area contributed by atoms with Crippen molar-refractivity contribution in [2.75, 3.05) is 25.6 Å². The van der Waals surface area contributed by atoms with Crippen molar-refractivity contribution in [2.24, 2.45) is 0 Å². The molecular weight excluding hydrogens is 306 g/mol. The summed E-state index contributed by atoms with van der Waals surface area (Å²) in [4.78, 5) is 12.1. The van der Waals surface area contributed by atoms with Crippen LogP contribution in [0.25, 0.3) is 0 Å². The maximum Gasteiger partial charge on any atom is 0.259 e. The van der Waals surface area contributed by atoms with E-state index in [1.54, 1.807) is 37.4 Å². The van der Waals surface area contributed by atoms with Crippen molar-refractivity contribution in [1.29, 1.82) is 0 Å². The second-order valence-corrected chi connectivity index (χ2v) is 4.92. The van der Waals surface area contributed by atoms with Crippen LogP contribution in [0.1, 0.15) is 10.4 Å². The third-order valence-electron chi connectivity index (χ3n) is 2.85. The summed E-state index contributed by atoms with van der Waals surface area (Å²) in [7, 11) is 1.57. The number of carbonyl (C=O) groups is 1. The van der Waals surface area contributed by atoms with Crippen molar-refractivity contribution in [3.63, 3.8) is 0 Å². The molecule has 2 rings (SSSR count). The molecule has 0 aliphatic heterocycles. The quantitative estimate of drug-likeness (QED) is 0.801. The van der Waals surface area contributed by atoms with Gasteiger partial charge >= 0.3 is 0 Å². The second kappa shape index (κ2) is 7.68. The summed E-state index contributed by atoms with van der Waals surface area (Å²) in [5, 5.41) is 13.1. The summed E-state index contributed by atoms with van der Waals surface area (Å²) in [5.74, 6) is -0.119. The Kier molecular flexibility index (Phi) is 5.63. The zero-order valence-electron chi connectivity index (χ0n) is 12.0. The molecule has 22 heavy (non-hydrogen) atoms. The molecule has 0 fully saturated rings.